The van der Waals surface area contributed by atoms with Crippen LogP contribution < -0.4 is 10.5 Å². The summed E-state index contributed by atoms with van der Waals surface area (Å²) in [6.07, 6.45) is 0. The third kappa shape index (κ3) is 3.56. The summed E-state index contributed by atoms with van der Waals surface area (Å²) in [7, 11) is 0. The van der Waals surface area contributed by atoms with Gasteiger partial charge in [-0.25, -0.2) is 4.39 Å². The lowest BCUT2D eigenvalue weighted by molar-refractivity contribution is 0.303. The SMILES string of the molecule is N/C(=N/O)c1c(Cl)cccc1OCc1ccc(F)c(Cl)c1. The summed E-state index contributed by atoms with van der Waals surface area (Å²) >= 11 is 11.7. The predicted octanol–water partition coefficient (Wildman–Crippen LogP) is 3.81. The third-order valence-corrected chi connectivity index (χ3v) is 3.32. The van der Waals surface area contributed by atoms with Gasteiger partial charge in [0.1, 0.15) is 18.2 Å². The number of oxime groups is 1. The van der Waals surface area contributed by atoms with E-state index < -0.39 is 5.82 Å². The Morgan fingerprint density at radius 1 is 1.24 bits per heavy atom. The first kappa shape index (κ1) is 15.4. The zero-order chi connectivity index (χ0) is 15.4. The quantitative estimate of drug-likeness (QED) is 0.388. The van der Waals surface area contributed by atoms with Gasteiger partial charge in [0.25, 0.3) is 0 Å². The van der Waals surface area contributed by atoms with Gasteiger partial charge in [0.2, 0.25) is 0 Å². The Labute approximate surface area is 130 Å². The number of rotatable bonds is 4. The molecule has 4 nitrogen and oxygen atoms in total. The molecule has 0 fully saturated rings. The predicted molar refractivity (Wildman–Crippen MR) is 79.7 cm³/mol. The van der Waals surface area contributed by atoms with Gasteiger partial charge in [0.15, 0.2) is 5.84 Å². The summed E-state index contributed by atoms with van der Waals surface area (Å²) in [5, 5.41) is 12.0. The van der Waals surface area contributed by atoms with Crippen molar-refractivity contribution in [1.82, 2.24) is 0 Å². The van der Waals surface area contributed by atoms with Crippen molar-refractivity contribution in [2.24, 2.45) is 10.9 Å². The molecular formula is C14H11Cl2FN2O2. The molecule has 7 heteroatoms. The van der Waals surface area contributed by atoms with Crippen LogP contribution in [0.2, 0.25) is 10.0 Å². The number of ether oxygens (including phenoxy) is 1. The highest BCUT2D eigenvalue weighted by molar-refractivity contribution is 6.34. The van der Waals surface area contributed by atoms with Crippen LogP contribution in [0.4, 0.5) is 4.39 Å². The number of nitrogens with zero attached hydrogens (tertiary/aromatic N) is 1. The van der Waals surface area contributed by atoms with Gasteiger partial charge in [0, 0.05) is 0 Å². The second-order valence-corrected chi connectivity index (χ2v) is 4.95. The van der Waals surface area contributed by atoms with Gasteiger partial charge in [-0.3, -0.25) is 0 Å². The van der Waals surface area contributed by atoms with E-state index in [0.29, 0.717) is 16.3 Å². The molecule has 2 rings (SSSR count). The molecule has 21 heavy (non-hydrogen) atoms. The summed E-state index contributed by atoms with van der Waals surface area (Å²) in [5.41, 5.74) is 6.53. The molecule has 0 heterocycles. The molecule has 0 unspecified atom stereocenters. The van der Waals surface area contributed by atoms with Crippen LogP contribution in [-0.4, -0.2) is 11.0 Å². The molecule has 0 aliphatic heterocycles. The Hall–Kier alpha value is -1.98. The lowest BCUT2D eigenvalue weighted by Gasteiger charge is -2.12. The van der Waals surface area contributed by atoms with E-state index in [2.05, 4.69) is 5.16 Å². The standard InChI is InChI=1S/C14H11Cl2FN2O2/c15-9-2-1-3-12(13(9)14(18)19-20)21-7-8-4-5-11(17)10(16)6-8/h1-6,20H,7H2,(H2,18,19). The molecular weight excluding hydrogens is 318 g/mol. The van der Waals surface area contributed by atoms with E-state index in [1.54, 1.807) is 24.3 Å². The zero-order valence-corrected chi connectivity index (χ0v) is 12.2. The summed E-state index contributed by atoms with van der Waals surface area (Å²) in [6.45, 7) is 0.131. The summed E-state index contributed by atoms with van der Waals surface area (Å²) in [6, 6.07) is 9.16. The van der Waals surface area contributed by atoms with E-state index in [4.69, 9.17) is 38.9 Å². The second-order valence-electron chi connectivity index (χ2n) is 4.14. The lowest BCUT2D eigenvalue weighted by atomic mass is 10.2. The molecule has 2 aromatic rings. The number of nitrogens with two attached hydrogens (primary N) is 1. The minimum atomic E-state index is -0.500. The normalized spacial score (nSPS) is 11.5. The van der Waals surface area contributed by atoms with E-state index in [9.17, 15) is 4.39 Å². The van der Waals surface area contributed by atoms with Crippen LogP contribution in [0.15, 0.2) is 41.6 Å². The second kappa shape index (κ2) is 6.65. The smallest absolute Gasteiger partial charge is 0.175 e. The molecule has 0 amide bonds. The highest BCUT2D eigenvalue weighted by atomic mass is 35.5. The van der Waals surface area contributed by atoms with Gasteiger partial charge in [-0.15, -0.1) is 0 Å². The van der Waals surface area contributed by atoms with Gasteiger partial charge in [-0.05, 0) is 29.8 Å². The van der Waals surface area contributed by atoms with Gasteiger partial charge < -0.3 is 15.7 Å². The van der Waals surface area contributed by atoms with Crippen LogP contribution in [0.25, 0.3) is 0 Å². The molecule has 0 aliphatic carbocycles. The number of benzene rings is 2. The van der Waals surface area contributed by atoms with Gasteiger partial charge in [-0.2, -0.15) is 0 Å². The molecule has 0 aromatic heterocycles. The van der Waals surface area contributed by atoms with Crippen LogP contribution in [0, 0.1) is 5.82 Å². The fourth-order valence-corrected chi connectivity index (χ4v) is 2.18. The molecule has 0 radical (unpaired) electrons. The highest BCUT2D eigenvalue weighted by Crippen LogP contribution is 2.27. The van der Waals surface area contributed by atoms with E-state index in [1.165, 1.54) is 12.1 Å². The van der Waals surface area contributed by atoms with Crippen molar-refractivity contribution in [3.63, 3.8) is 0 Å². The minimum absolute atomic E-state index is 0.0128. The average molecular weight is 329 g/mol. The monoisotopic (exact) mass is 328 g/mol. The summed E-state index contributed by atoms with van der Waals surface area (Å²) in [4.78, 5) is 0. The fourth-order valence-electron chi connectivity index (χ4n) is 1.71. The Balaban J connectivity index is 2.24. The first-order chi connectivity index (χ1) is 10.0. The van der Waals surface area contributed by atoms with Crippen LogP contribution in [0.1, 0.15) is 11.1 Å². The van der Waals surface area contributed by atoms with Gasteiger partial charge >= 0.3 is 0 Å². The summed E-state index contributed by atoms with van der Waals surface area (Å²) in [5.74, 6) is -0.313. The third-order valence-electron chi connectivity index (χ3n) is 2.72. The van der Waals surface area contributed by atoms with Crippen LogP contribution in [-0.2, 0) is 6.61 Å². The fraction of sp³-hybridized carbons (Fsp3) is 0.0714. The minimum Gasteiger partial charge on any atom is -0.488 e. The van der Waals surface area contributed by atoms with Crippen molar-refractivity contribution >= 4 is 29.0 Å². The molecule has 0 spiro atoms. The molecule has 0 saturated heterocycles. The van der Waals surface area contributed by atoms with Crippen molar-refractivity contribution in [3.05, 3.63) is 63.4 Å². The highest BCUT2D eigenvalue weighted by Gasteiger charge is 2.13. The maximum atomic E-state index is 13.1. The Bertz CT molecular complexity index is 693. The van der Waals surface area contributed by atoms with Gasteiger partial charge in [-0.1, -0.05) is 40.5 Å². The van der Waals surface area contributed by atoms with Gasteiger partial charge in [0.05, 0.1) is 15.6 Å². The van der Waals surface area contributed by atoms with E-state index in [-0.39, 0.29) is 23.0 Å². The topological polar surface area (TPSA) is 67.8 Å². The van der Waals surface area contributed by atoms with Crippen molar-refractivity contribution in [2.75, 3.05) is 0 Å². The van der Waals surface area contributed by atoms with E-state index >= 15 is 0 Å². The Kier molecular flexibility index (Phi) is 4.88. The lowest BCUT2D eigenvalue weighted by Crippen LogP contribution is -2.15. The Morgan fingerprint density at radius 3 is 2.67 bits per heavy atom. The average Bonchev–Trinajstić information content (AvgIpc) is 2.48. The molecule has 0 saturated carbocycles. The van der Waals surface area contributed by atoms with E-state index in [0.717, 1.165) is 0 Å². The van der Waals surface area contributed by atoms with Crippen LogP contribution in [0.5, 0.6) is 5.75 Å². The van der Waals surface area contributed by atoms with Crippen LogP contribution in [0.3, 0.4) is 0 Å². The largest absolute Gasteiger partial charge is 0.488 e. The number of hydrogen-bond donors (Lipinski definition) is 2. The number of amidine groups is 1. The molecule has 110 valence electrons. The van der Waals surface area contributed by atoms with Crippen LogP contribution >= 0.6 is 23.2 Å². The molecule has 3 N–H and O–H groups in total. The van der Waals surface area contributed by atoms with Crippen molar-refractivity contribution in [2.45, 2.75) is 6.61 Å². The molecule has 0 bridgehead atoms. The number of halogens is 3. The first-order valence-corrected chi connectivity index (χ1v) is 6.61. The van der Waals surface area contributed by atoms with Crippen molar-refractivity contribution in [3.8, 4) is 5.75 Å². The van der Waals surface area contributed by atoms with Crippen molar-refractivity contribution < 1.29 is 14.3 Å². The number of hydrogen-bond acceptors (Lipinski definition) is 3. The van der Waals surface area contributed by atoms with E-state index in [1.807, 2.05) is 0 Å². The van der Waals surface area contributed by atoms with Crippen molar-refractivity contribution in [1.29, 1.82) is 0 Å². The maximum Gasteiger partial charge on any atom is 0.175 e. The summed E-state index contributed by atoms with van der Waals surface area (Å²) < 4.78 is 18.7. The Morgan fingerprint density at radius 2 is 2.00 bits per heavy atom. The molecule has 0 aliphatic rings. The first-order valence-electron chi connectivity index (χ1n) is 5.86. The maximum absolute atomic E-state index is 13.1. The molecule has 0 atom stereocenters. The molecule has 2 aromatic carbocycles. The zero-order valence-electron chi connectivity index (χ0n) is 10.7.